The first-order valence-electron chi connectivity index (χ1n) is 16.5. The Morgan fingerprint density at radius 3 is 2.00 bits per heavy atom. The number of likely N-dealkylation sites (tertiary alicyclic amines) is 1. The Kier molecular flexibility index (Phi) is 9.74. The molecule has 1 fully saturated rings. The van der Waals surface area contributed by atoms with Gasteiger partial charge in [0.25, 0.3) is 8.32 Å². The van der Waals surface area contributed by atoms with Crippen LogP contribution in [0, 0.1) is 5.92 Å². The maximum absolute atomic E-state index is 12.3. The van der Waals surface area contributed by atoms with Gasteiger partial charge in [-0.1, -0.05) is 87.5 Å². The van der Waals surface area contributed by atoms with Gasteiger partial charge in [0, 0.05) is 24.8 Å². The molecule has 1 saturated heterocycles. The smallest absolute Gasteiger partial charge is 0.412 e. The Hall–Kier alpha value is -2.93. The molecule has 1 heterocycles. The summed E-state index contributed by atoms with van der Waals surface area (Å²) in [5.74, 6) is 0.622. The number of nitrogens with zero attached hydrogens (tertiary/aromatic N) is 1. The Balaban J connectivity index is 1.27. The zero-order valence-corrected chi connectivity index (χ0v) is 28.9. The summed E-state index contributed by atoms with van der Waals surface area (Å²) < 4.78 is 13.0. The molecule has 1 N–H and O–H groups in total. The van der Waals surface area contributed by atoms with Gasteiger partial charge in [-0.25, -0.2) is 4.79 Å². The van der Waals surface area contributed by atoms with Crippen LogP contribution in [0.25, 0.3) is 0 Å². The summed E-state index contributed by atoms with van der Waals surface area (Å²) in [6.07, 6.45) is 5.33. The number of carbonyl (C=O) groups excluding carboxylic acids is 1. The lowest BCUT2D eigenvalue weighted by molar-refractivity contribution is 0.0636. The summed E-state index contributed by atoms with van der Waals surface area (Å²) in [5.41, 5.74) is 3.05. The highest BCUT2D eigenvalue weighted by atomic mass is 28.4. The van der Waals surface area contributed by atoms with Gasteiger partial charge in [-0.2, -0.15) is 0 Å². The van der Waals surface area contributed by atoms with Crippen LogP contribution in [0.4, 0.5) is 10.5 Å². The molecule has 44 heavy (non-hydrogen) atoms. The van der Waals surface area contributed by atoms with Gasteiger partial charge in [-0.3, -0.25) is 10.2 Å². The molecule has 3 aromatic rings. The van der Waals surface area contributed by atoms with Crippen LogP contribution in [0.5, 0.6) is 0 Å². The molecular weight excluding hydrogens is 561 g/mol. The maximum atomic E-state index is 12.3. The van der Waals surface area contributed by atoms with E-state index in [-0.39, 0.29) is 11.1 Å². The summed E-state index contributed by atoms with van der Waals surface area (Å²) >= 11 is 0. The van der Waals surface area contributed by atoms with Gasteiger partial charge in [0.1, 0.15) is 5.60 Å². The Bertz CT molecular complexity index is 1360. The lowest BCUT2D eigenvalue weighted by atomic mass is 9.91. The summed E-state index contributed by atoms with van der Waals surface area (Å²) in [6, 6.07) is 28.9. The zero-order valence-electron chi connectivity index (χ0n) is 27.9. The van der Waals surface area contributed by atoms with E-state index in [9.17, 15) is 4.79 Å². The summed E-state index contributed by atoms with van der Waals surface area (Å²) in [7, 11) is -2.57. The molecule has 1 aliphatic carbocycles. The number of aryl methyl sites for hydroxylation is 2. The molecule has 236 valence electrons. The fraction of sp³-hybridized carbons (Fsp3) is 0.500. The van der Waals surface area contributed by atoms with Crippen molar-refractivity contribution < 1.29 is 14.0 Å². The summed E-state index contributed by atoms with van der Waals surface area (Å²) in [5, 5.41) is 5.62. The molecule has 0 radical (unpaired) electrons. The molecule has 3 aromatic carbocycles. The lowest BCUT2D eigenvalue weighted by Gasteiger charge is -2.44. The molecule has 0 saturated carbocycles. The molecule has 5 nitrogen and oxygen atoms in total. The topological polar surface area (TPSA) is 50.8 Å². The normalized spacial score (nSPS) is 20.4. The van der Waals surface area contributed by atoms with Crippen molar-refractivity contribution in [1.29, 1.82) is 0 Å². The molecule has 0 spiro atoms. The van der Waals surface area contributed by atoms with Gasteiger partial charge < -0.3 is 9.16 Å². The van der Waals surface area contributed by atoms with Crippen LogP contribution >= 0.6 is 0 Å². The zero-order chi connectivity index (χ0) is 31.5. The van der Waals surface area contributed by atoms with Crippen molar-refractivity contribution >= 4 is 30.5 Å². The number of hydrogen-bond donors (Lipinski definition) is 1. The van der Waals surface area contributed by atoms with Gasteiger partial charge in [0.2, 0.25) is 0 Å². The molecule has 0 bridgehead atoms. The number of fused-ring (bicyclic) bond motifs is 1. The molecule has 5 rings (SSSR count). The van der Waals surface area contributed by atoms with Crippen LogP contribution < -0.4 is 15.7 Å². The highest BCUT2D eigenvalue weighted by molar-refractivity contribution is 6.99. The first-order valence-corrected chi connectivity index (χ1v) is 18.4. The average molecular weight is 613 g/mol. The maximum Gasteiger partial charge on any atom is 0.412 e. The Morgan fingerprint density at radius 1 is 0.841 bits per heavy atom. The Labute approximate surface area is 266 Å². The van der Waals surface area contributed by atoms with E-state index in [2.05, 4.69) is 111 Å². The fourth-order valence-electron chi connectivity index (χ4n) is 7.37. The molecule has 1 amide bonds. The molecule has 2 unspecified atom stereocenters. The largest absolute Gasteiger partial charge is 0.444 e. The van der Waals surface area contributed by atoms with E-state index in [0.717, 1.165) is 44.5 Å². The predicted octanol–water partition coefficient (Wildman–Crippen LogP) is 7.57. The van der Waals surface area contributed by atoms with E-state index in [0.29, 0.717) is 12.0 Å². The van der Waals surface area contributed by atoms with Gasteiger partial charge in [-0.15, -0.1) is 0 Å². The van der Waals surface area contributed by atoms with Gasteiger partial charge in [0.15, 0.2) is 0 Å². The van der Waals surface area contributed by atoms with E-state index in [1.165, 1.54) is 27.9 Å². The van der Waals surface area contributed by atoms with Crippen LogP contribution in [0.3, 0.4) is 0 Å². The second-order valence-electron chi connectivity index (χ2n) is 14.9. The van der Waals surface area contributed by atoms with Crippen molar-refractivity contribution in [2.75, 3.05) is 18.4 Å². The van der Waals surface area contributed by atoms with Crippen molar-refractivity contribution in [3.63, 3.8) is 0 Å². The minimum Gasteiger partial charge on any atom is -0.444 e. The summed E-state index contributed by atoms with van der Waals surface area (Å²) in [6.45, 7) is 17.3. The molecule has 0 aromatic heterocycles. The van der Waals surface area contributed by atoms with Crippen LogP contribution in [0.2, 0.25) is 5.04 Å². The van der Waals surface area contributed by atoms with Crippen molar-refractivity contribution in [3.8, 4) is 0 Å². The second kappa shape index (κ2) is 13.2. The molecule has 6 heteroatoms. The Morgan fingerprint density at radius 2 is 1.43 bits per heavy atom. The fourth-order valence-corrected chi connectivity index (χ4v) is 12.1. The van der Waals surface area contributed by atoms with E-state index < -0.39 is 20.0 Å². The van der Waals surface area contributed by atoms with Crippen molar-refractivity contribution in [3.05, 3.63) is 90.0 Å². The number of rotatable bonds is 7. The van der Waals surface area contributed by atoms with Crippen molar-refractivity contribution in [2.24, 2.45) is 5.92 Å². The van der Waals surface area contributed by atoms with Gasteiger partial charge in [0.05, 0.1) is 6.10 Å². The first kappa shape index (κ1) is 32.5. The van der Waals surface area contributed by atoms with E-state index in [1.807, 2.05) is 26.8 Å². The highest BCUT2D eigenvalue weighted by Crippen LogP contribution is 2.39. The monoisotopic (exact) mass is 612 g/mol. The molecule has 3 atom stereocenters. The number of carbonyl (C=O) groups is 1. The third kappa shape index (κ3) is 7.30. The number of amides is 1. The van der Waals surface area contributed by atoms with Crippen LogP contribution in [0.15, 0.2) is 78.9 Å². The molecule has 1 aliphatic heterocycles. The van der Waals surface area contributed by atoms with Gasteiger partial charge >= 0.3 is 6.09 Å². The number of hydrogen-bond acceptors (Lipinski definition) is 4. The molecule has 2 aliphatic rings. The van der Waals surface area contributed by atoms with Crippen molar-refractivity contribution in [1.82, 2.24) is 4.90 Å². The number of ether oxygens (including phenoxy) is 1. The van der Waals surface area contributed by atoms with Gasteiger partial charge in [-0.05, 0) is 104 Å². The second-order valence-corrected chi connectivity index (χ2v) is 19.1. The van der Waals surface area contributed by atoms with Crippen LogP contribution in [-0.4, -0.2) is 50.1 Å². The third-order valence-electron chi connectivity index (χ3n) is 9.62. The standard InChI is InChI=1S/C38H52N2O3Si/c1-28(29-18-20-30-22-23-32(26-31(30)21-19-29)39-36(41)42-37(2,3)4)40-25-24-33(27-40)43-44(38(5,6)7,34-14-10-8-11-15-34)35-16-12-9-13-17-35/h8-17,22-23,26,28-29,33H,18-21,24-25,27H2,1-7H3,(H,39,41)/t28?,29?,33-/m1/s1. The number of anilines is 1. The average Bonchev–Trinajstić information content (AvgIpc) is 3.34. The number of nitrogens with one attached hydrogen (secondary N) is 1. The van der Waals surface area contributed by atoms with E-state index >= 15 is 0 Å². The van der Waals surface area contributed by atoms with E-state index in [1.54, 1.807) is 0 Å². The minimum absolute atomic E-state index is 0.0149. The lowest BCUT2D eigenvalue weighted by Crippen LogP contribution is -2.67. The van der Waals surface area contributed by atoms with Crippen LogP contribution in [0.1, 0.15) is 78.9 Å². The predicted molar refractivity (Wildman–Crippen MR) is 185 cm³/mol. The SMILES string of the molecule is CC(C1CCc2ccc(NC(=O)OC(C)(C)C)cc2CC1)N1CC[C@@H](O[Si](c2ccccc2)(c2ccccc2)C(C)(C)C)C1. The molecular formula is C38H52N2O3Si. The van der Waals surface area contributed by atoms with E-state index in [4.69, 9.17) is 9.16 Å². The number of benzene rings is 3. The first-order chi connectivity index (χ1) is 20.9. The highest BCUT2D eigenvalue weighted by Gasteiger charge is 2.52. The quantitative estimate of drug-likeness (QED) is 0.221. The summed E-state index contributed by atoms with van der Waals surface area (Å²) in [4.78, 5) is 15.0. The minimum atomic E-state index is -2.57. The van der Waals surface area contributed by atoms with Crippen molar-refractivity contribution in [2.45, 2.75) is 103 Å². The van der Waals surface area contributed by atoms with Crippen LogP contribution in [-0.2, 0) is 22.0 Å². The third-order valence-corrected chi connectivity index (χ3v) is 14.7.